The summed E-state index contributed by atoms with van der Waals surface area (Å²) in [6, 6.07) is 10.3. The van der Waals surface area contributed by atoms with Crippen LogP contribution in [0.4, 0.5) is 0 Å². The Morgan fingerprint density at radius 2 is 1.83 bits per heavy atom. The smallest absolute Gasteiger partial charge is 0.339 e. The molecule has 1 saturated heterocycles. The predicted octanol–water partition coefficient (Wildman–Crippen LogP) is 2.85. The van der Waals surface area contributed by atoms with Crippen molar-refractivity contribution in [3.8, 4) is 0 Å². The number of fused-ring (bicyclic) bond motifs is 1. The lowest BCUT2D eigenvalue weighted by molar-refractivity contribution is -0.142. The molecule has 0 spiro atoms. The maximum Gasteiger partial charge on any atom is 0.339 e. The zero-order valence-corrected chi connectivity index (χ0v) is 13.4. The molecule has 0 aliphatic carbocycles. The van der Waals surface area contributed by atoms with Crippen molar-refractivity contribution in [1.82, 2.24) is 0 Å². The van der Waals surface area contributed by atoms with Gasteiger partial charge in [-0.3, -0.25) is 0 Å². The van der Waals surface area contributed by atoms with E-state index in [-0.39, 0.29) is 23.8 Å². The van der Waals surface area contributed by atoms with Crippen LogP contribution in [0.2, 0.25) is 0 Å². The molecular formula is C18H18O6. The van der Waals surface area contributed by atoms with E-state index in [1.54, 1.807) is 19.9 Å². The van der Waals surface area contributed by atoms with Crippen LogP contribution in [0.25, 0.3) is 10.8 Å². The number of hydrogen-bond acceptors (Lipinski definition) is 5. The van der Waals surface area contributed by atoms with Crippen LogP contribution in [0.1, 0.15) is 34.6 Å². The third-order valence-corrected chi connectivity index (χ3v) is 3.80. The van der Waals surface area contributed by atoms with Gasteiger partial charge in [-0.05, 0) is 36.8 Å². The van der Waals surface area contributed by atoms with Crippen LogP contribution in [-0.2, 0) is 14.2 Å². The molecular weight excluding hydrogens is 312 g/mol. The lowest BCUT2D eigenvalue weighted by atomic mass is 10.0. The van der Waals surface area contributed by atoms with Gasteiger partial charge < -0.3 is 19.3 Å². The molecule has 1 atom stereocenters. The summed E-state index contributed by atoms with van der Waals surface area (Å²) in [7, 11) is 0. The van der Waals surface area contributed by atoms with E-state index in [2.05, 4.69) is 0 Å². The second kappa shape index (κ2) is 6.22. The molecule has 24 heavy (non-hydrogen) atoms. The Morgan fingerprint density at radius 1 is 1.21 bits per heavy atom. The van der Waals surface area contributed by atoms with Gasteiger partial charge in [-0.2, -0.15) is 0 Å². The molecule has 1 N–H and O–H groups in total. The summed E-state index contributed by atoms with van der Waals surface area (Å²) in [6.07, 6.45) is -0.363. The van der Waals surface area contributed by atoms with E-state index in [9.17, 15) is 14.7 Å². The minimum absolute atomic E-state index is 0.00808. The van der Waals surface area contributed by atoms with Gasteiger partial charge in [0, 0.05) is 0 Å². The average molecular weight is 330 g/mol. The lowest BCUT2D eigenvalue weighted by Gasteiger charge is -2.17. The van der Waals surface area contributed by atoms with Crippen LogP contribution in [0.3, 0.4) is 0 Å². The molecule has 2 aromatic carbocycles. The number of aromatic carboxylic acids is 1. The van der Waals surface area contributed by atoms with Crippen molar-refractivity contribution in [3.63, 3.8) is 0 Å². The zero-order chi connectivity index (χ0) is 17.3. The van der Waals surface area contributed by atoms with Crippen LogP contribution < -0.4 is 0 Å². The zero-order valence-electron chi connectivity index (χ0n) is 13.4. The highest BCUT2D eigenvalue weighted by molar-refractivity contribution is 6.06. The summed E-state index contributed by atoms with van der Waals surface area (Å²) < 4.78 is 16.2. The van der Waals surface area contributed by atoms with E-state index in [1.165, 1.54) is 12.1 Å². The predicted molar refractivity (Wildman–Crippen MR) is 86.1 cm³/mol. The molecule has 0 amide bonds. The Morgan fingerprint density at radius 3 is 2.38 bits per heavy atom. The van der Waals surface area contributed by atoms with Crippen molar-refractivity contribution < 1.29 is 28.9 Å². The number of ether oxygens (including phenoxy) is 3. The molecule has 0 saturated carbocycles. The molecule has 1 aliphatic heterocycles. The van der Waals surface area contributed by atoms with Crippen LogP contribution >= 0.6 is 0 Å². The van der Waals surface area contributed by atoms with Crippen molar-refractivity contribution >= 4 is 22.7 Å². The Bertz CT molecular complexity index is 795. The number of esters is 1. The van der Waals surface area contributed by atoms with Crippen LogP contribution in [0.15, 0.2) is 36.4 Å². The fourth-order valence-electron chi connectivity index (χ4n) is 2.68. The van der Waals surface area contributed by atoms with Gasteiger partial charge in [0.05, 0.1) is 17.7 Å². The highest BCUT2D eigenvalue weighted by Crippen LogP contribution is 2.24. The average Bonchev–Trinajstić information content (AvgIpc) is 2.90. The molecule has 6 nitrogen and oxygen atoms in total. The van der Waals surface area contributed by atoms with Gasteiger partial charge in [0.1, 0.15) is 12.7 Å². The van der Waals surface area contributed by atoms with Gasteiger partial charge in [-0.15, -0.1) is 0 Å². The van der Waals surface area contributed by atoms with Crippen molar-refractivity contribution in [3.05, 3.63) is 47.5 Å². The first kappa shape index (κ1) is 16.4. The number of carbonyl (C=O) groups is 2. The molecule has 1 heterocycles. The molecule has 0 unspecified atom stereocenters. The van der Waals surface area contributed by atoms with Gasteiger partial charge in [-0.25, -0.2) is 9.59 Å². The highest BCUT2D eigenvalue weighted by Gasteiger charge is 2.33. The van der Waals surface area contributed by atoms with E-state index in [4.69, 9.17) is 14.2 Å². The van der Waals surface area contributed by atoms with Crippen molar-refractivity contribution in [2.75, 3.05) is 13.2 Å². The molecule has 0 radical (unpaired) electrons. The molecule has 0 aromatic heterocycles. The van der Waals surface area contributed by atoms with Crippen molar-refractivity contribution in [1.29, 1.82) is 0 Å². The third-order valence-electron chi connectivity index (χ3n) is 3.80. The first-order valence-electron chi connectivity index (χ1n) is 7.61. The second-order valence-electron chi connectivity index (χ2n) is 6.10. The Labute approximate surface area is 138 Å². The van der Waals surface area contributed by atoms with E-state index in [0.717, 1.165) is 10.8 Å². The summed E-state index contributed by atoms with van der Waals surface area (Å²) in [4.78, 5) is 23.8. The minimum Gasteiger partial charge on any atom is -0.478 e. The van der Waals surface area contributed by atoms with E-state index in [0.29, 0.717) is 6.61 Å². The SMILES string of the molecule is CC1(C)OC[C@@H](COC(=O)c2cc3ccccc3cc2C(=O)O)O1. The van der Waals surface area contributed by atoms with Gasteiger partial charge in [0.2, 0.25) is 0 Å². The lowest BCUT2D eigenvalue weighted by Crippen LogP contribution is -2.25. The van der Waals surface area contributed by atoms with Crippen LogP contribution in [0, 0.1) is 0 Å². The summed E-state index contributed by atoms with van der Waals surface area (Å²) in [6.45, 7) is 3.89. The van der Waals surface area contributed by atoms with Gasteiger partial charge in [-0.1, -0.05) is 24.3 Å². The van der Waals surface area contributed by atoms with Gasteiger partial charge in [0.25, 0.3) is 0 Å². The fraction of sp³-hybridized carbons (Fsp3) is 0.333. The maximum absolute atomic E-state index is 12.3. The number of hydrogen-bond donors (Lipinski definition) is 1. The van der Waals surface area contributed by atoms with Crippen LogP contribution in [-0.4, -0.2) is 42.1 Å². The van der Waals surface area contributed by atoms with Crippen molar-refractivity contribution in [2.24, 2.45) is 0 Å². The molecule has 6 heteroatoms. The van der Waals surface area contributed by atoms with E-state index >= 15 is 0 Å². The second-order valence-corrected chi connectivity index (χ2v) is 6.10. The molecule has 126 valence electrons. The Kier molecular flexibility index (Phi) is 4.26. The minimum atomic E-state index is -1.17. The van der Waals surface area contributed by atoms with E-state index in [1.807, 2.05) is 18.2 Å². The monoisotopic (exact) mass is 330 g/mol. The summed E-state index contributed by atoms with van der Waals surface area (Å²) >= 11 is 0. The standard InChI is InChI=1S/C18H18O6/c1-18(2)23-10-13(24-18)9-22-17(21)15-8-12-6-4-3-5-11(12)7-14(15)16(19)20/h3-8,13H,9-10H2,1-2H3,(H,19,20)/t13-/m1/s1. The fourth-order valence-corrected chi connectivity index (χ4v) is 2.68. The van der Waals surface area contributed by atoms with Crippen LogP contribution in [0.5, 0.6) is 0 Å². The third kappa shape index (κ3) is 3.39. The van der Waals surface area contributed by atoms with Gasteiger partial charge in [0.15, 0.2) is 5.79 Å². The number of benzene rings is 2. The molecule has 1 fully saturated rings. The molecule has 1 aliphatic rings. The summed E-state index contributed by atoms with van der Waals surface area (Å²) in [5.41, 5.74) is -0.0537. The molecule has 3 rings (SSSR count). The number of carboxylic acid groups (broad SMARTS) is 1. The Balaban J connectivity index is 1.81. The maximum atomic E-state index is 12.3. The quantitative estimate of drug-likeness (QED) is 0.868. The number of carboxylic acids is 1. The molecule has 0 bridgehead atoms. The Hall–Kier alpha value is -2.44. The number of carbonyl (C=O) groups excluding carboxylic acids is 1. The topological polar surface area (TPSA) is 82.1 Å². The summed E-state index contributed by atoms with van der Waals surface area (Å²) in [5, 5.41) is 10.9. The number of rotatable bonds is 4. The van der Waals surface area contributed by atoms with Gasteiger partial charge >= 0.3 is 11.9 Å². The molecule has 2 aromatic rings. The first-order chi connectivity index (χ1) is 11.4. The highest BCUT2D eigenvalue weighted by atomic mass is 16.7. The van der Waals surface area contributed by atoms with Crippen molar-refractivity contribution in [2.45, 2.75) is 25.7 Å². The normalized spacial score (nSPS) is 19.3. The first-order valence-corrected chi connectivity index (χ1v) is 7.61. The van der Waals surface area contributed by atoms with E-state index < -0.39 is 17.7 Å². The largest absolute Gasteiger partial charge is 0.478 e. The summed E-state index contributed by atoms with van der Waals surface area (Å²) in [5.74, 6) is -2.56.